The molecule has 2 fully saturated rings. The van der Waals surface area contributed by atoms with Gasteiger partial charge in [0.15, 0.2) is 6.10 Å². The molecule has 5 nitrogen and oxygen atoms in total. The zero-order valence-corrected chi connectivity index (χ0v) is 17.0. The lowest BCUT2D eigenvalue weighted by Gasteiger charge is -2.52. The predicted octanol–water partition coefficient (Wildman–Crippen LogP) is 3.12. The molecule has 2 aliphatic heterocycles. The fourth-order valence-electron chi connectivity index (χ4n) is 3.92. The topological polar surface area (TPSA) is 72.6 Å². The third-order valence-electron chi connectivity index (χ3n) is 5.47. The molecule has 2 aromatic carbocycles. The number of amides is 1. The summed E-state index contributed by atoms with van der Waals surface area (Å²) in [7, 11) is 0. The maximum Gasteiger partial charge on any atom is 0.319 e. The van der Waals surface area contributed by atoms with Crippen LogP contribution < -0.4 is 5.73 Å². The van der Waals surface area contributed by atoms with Gasteiger partial charge in [-0.3, -0.25) is 9.59 Å². The Morgan fingerprint density at radius 2 is 1.76 bits per heavy atom. The lowest BCUT2D eigenvalue weighted by molar-refractivity contribution is -0.161. The van der Waals surface area contributed by atoms with E-state index in [0.29, 0.717) is 12.3 Å². The second-order valence-corrected chi connectivity index (χ2v) is 8.56. The molecule has 2 unspecified atom stereocenters. The average Bonchev–Trinajstić information content (AvgIpc) is 2.78. The van der Waals surface area contributed by atoms with Gasteiger partial charge in [0.05, 0.1) is 0 Å². The Kier molecular flexibility index (Phi) is 5.48. The molecule has 2 N–H and O–H groups in total. The van der Waals surface area contributed by atoms with E-state index in [0.717, 1.165) is 11.1 Å². The van der Waals surface area contributed by atoms with Crippen molar-refractivity contribution in [2.45, 2.75) is 24.4 Å². The van der Waals surface area contributed by atoms with E-state index in [9.17, 15) is 9.59 Å². The highest BCUT2D eigenvalue weighted by Gasteiger charge is 2.55. The molecule has 2 aromatic rings. The first-order valence-electron chi connectivity index (χ1n) is 9.68. The van der Waals surface area contributed by atoms with Crippen molar-refractivity contribution in [2.24, 2.45) is 11.1 Å². The molecule has 1 amide bonds. The van der Waals surface area contributed by atoms with Crippen molar-refractivity contribution in [3.8, 4) is 0 Å². The molecule has 29 heavy (non-hydrogen) atoms. The van der Waals surface area contributed by atoms with Crippen molar-refractivity contribution >= 4 is 23.6 Å². The normalized spacial score (nSPS) is 26.3. The molecule has 0 aliphatic carbocycles. The number of benzene rings is 2. The van der Waals surface area contributed by atoms with E-state index in [-0.39, 0.29) is 17.3 Å². The lowest BCUT2D eigenvalue weighted by Crippen LogP contribution is -2.72. The van der Waals surface area contributed by atoms with Crippen LogP contribution in [0.15, 0.2) is 72.8 Å². The number of nitrogens with zero attached hydrogens (tertiary/aromatic N) is 1. The van der Waals surface area contributed by atoms with E-state index in [1.165, 1.54) is 0 Å². The minimum Gasteiger partial charge on any atom is -0.452 e. The Labute approximate surface area is 174 Å². The third kappa shape index (κ3) is 3.58. The van der Waals surface area contributed by atoms with Crippen molar-refractivity contribution in [1.82, 2.24) is 4.90 Å². The van der Waals surface area contributed by atoms with Gasteiger partial charge >= 0.3 is 5.97 Å². The third-order valence-corrected chi connectivity index (χ3v) is 7.04. The highest BCUT2D eigenvalue weighted by atomic mass is 32.2. The van der Waals surface area contributed by atoms with Crippen LogP contribution in [0.2, 0.25) is 0 Å². The number of rotatable bonds is 5. The fraction of sp³-hybridized carbons (Fsp3) is 0.304. The molecule has 6 heteroatoms. The van der Waals surface area contributed by atoms with E-state index in [2.05, 4.69) is 0 Å². The number of fused-ring (bicyclic) bond motifs is 1. The molecule has 0 bridgehead atoms. The summed E-state index contributed by atoms with van der Waals surface area (Å²) in [6.45, 7) is 2.18. The van der Waals surface area contributed by atoms with E-state index in [1.807, 2.05) is 79.7 Å². The first kappa shape index (κ1) is 19.7. The maximum atomic E-state index is 13.5. The van der Waals surface area contributed by atoms with Gasteiger partial charge in [0.2, 0.25) is 5.91 Å². The number of nitrogens with two attached hydrogens (primary N) is 1. The van der Waals surface area contributed by atoms with Crippen molar-refractivity contribution in [3.05, 3.63) is 83.9 Å². The number of hydrogen-bond acceptors (Lipinski definition) is 5. The molecule has 2 aliphatic rings. The summed E-state index contributed by atoms with van der Waals surface area (Å²) in [5.41, 5.74) is 6.84. The van der Waals surface area contributed by atoms with Crippen LogP contribution in [-0.4, -0.2) is 40.5 Å². The summed E-state index contributed by atoms with van der Waals surface area (Å²) in [5, 5.41) is -0.0484. The van der Waals surface area contributed by atoms with Gasteiger partial charge in [-0.1, -0.05) is 72.8 Å². The molecule has 0 spiro atoms. The zero-order valence-electron chi connectivity index (χ0n) is 16.2. The van der Waals surface area contributed by atoms with Crippen LogP contribution in [0.1, 0.15) is 24.2 Å². The minimum absolute atomic E-state index is 0.0484. The number of thioether (sulfide) groups is 1. The molecule has 0 aromatic heterocycles. The Bertz CT molecular complexity index is 879. The van der Waals surface area contributed by atoms with Gasteiger partial charge in [-0.2, -0.15) is 0 Å². The maximum absolute atomic E-state index is 13.5. The summed E-state index contributed by atoms with van der Waals surface area (Å²) < 4.78 is 6.12. The first-order chi connectivity index (χ1) is 14.1. The van der Waals surface area contributed by atoms with Crippen molar-refractivity contribution in [3.63, 3.8) is 0 Å². The van der Waals surface area contributed by atoms with Crippen molar-refractivity contribution < 1.29 is 14.3 Å². The van der Waals surface area contributed by atoms with Crippen molar-refractivity contribution in [2.75, 3.05) is 12.3 Å². The smallest absolute Gasteiger partial charge is 0.319 e. The van der Waals surface area contributed by atoms with Gasteiger partial charge in [0, 0.05) is 12.3 Å². The van der Waals surface area contributed by atoms with Gasteiger partial charge in [0.1, 0.15) is 16.8 Å². The van der Waals surface area contributed by atoms with Gasteiger partial charge in [-0.25, -0.2) is 0 Å². The first-order valence-corrected chi connectivity index (χ1v) is 10.7. The van der Waals surface area contributed by atoms with Gasteiger partial charge in [-0.15, -0.1) is 11.8 Å². The monoisotopic (exact) mass is 408 g/mol. The molecular weight excluding hydrogens is 384 g/mol. The standard InChI is InChI=1S/C23H24N2O3S/c1-2-13-23(14-25-20(26)18(24)21(25)29-15-23)22(27)28-19(16-9-5-3-6-10-16)17-11-7-4-8-12-17/h2-13,18-19,21H,14-15,24H2,1H3/b13-2-/t18?,21-,23?/m1/s1. The number of allylic oxidation sites excluding steroid dienone is 1. The molecular formula is C23H24N2O3S. The van der Waals surface area contributed by atoms with Crippen LogP contribution >= 0.6 is 11.8 Å². The van der Waals surface area contributed by atoms with E-state index >= 15 is 0 Å². The van der Waals surface area contributed by atoms with Crippen LogP contribution in [0.5, 0.6) is 0 Å². The second kappa shape index (κ2) is 8.05. The van der Waals surface area contributed by atoms with Gasteiger partial charge < -0.3 is 15.4 Å². The Balaban J connectivity index is 1.63. The molecule has 4 rings (SSSR count). The largest absolute Gasteiger partial charge is 0.452 e. The number of carbonyl (C=O) groups is 2. The summed E-state index contributed by atoms with van der Waals surface area (Å²) in [5.74, 6) is 0.105. The van der Waals surface area contributed by atoms with E-state index in [1.54, 1.807) is 16.7 Å². The summed E-state index contributed by atoms with van der Waals surface area (Å²) in [4.78, 5) is 27.4. The number of carbonyl (C=O) groups excluding carboxylic acids is 2. The predicted molar refractivity (Wildman–Crippen MR) is 114 cm³/mol. The number of hydrogen-bond donors (Lipinski definition) is 1. The Morgan fingerprint density at radius 1 is 1.17 bits per heavy atom. The van der Waals surface area contributed by atoms with Crippen LogP contribution in [0.4, 0.5) is 0 Å². The Morgan fingerprint density at radius 3 is 2.31 bits per heavy atom. The minimum atomic E-state index is -0.881. The van der Waals surface area contributed by atoms with Crippen LogP contribution in [0.3, 0.4) is 0 Å². The Hall–Kier alpha value is -2.57. The van der Waals surface area contributed by atoms with Gasteiger partial charge in [0.25, 0.3) is 0 Å². The fourth-order valence-corrected chi connectivity index (χ4v) is 5.37. The quantitative estimate of drug-likeness (QED) is 0.468. The lowest BCUT2D eigenvalue weighted by atomic mass is 9.86. The van der Waals surface area contributed by atoms with E-state index in [4.69, 9.17) is 10.5 Å². The van der Waals surface area contributed by atoms with E-state index < -0.39 is 17.6 Å². The van der Waals surface area contributed by atoms with Crippen LogP contribution in [0, 0.1) is 5.41 Å². The summed E-state index contributed by atoms with van der Waals surface area (Å²) in [6.07, 6.45) is 3.21. The van der Waals surface area contributed by atoms with Gasteiger partial charge in [-0.05, 0) is 18.1 Å². The SMILES string of the molecule is C/C=C\C1(C(=O)OC(c2ccccc2)c2ccccc2)CS[C@@H]2C(N)C(=O)N2C1. The van der Waals surface area contributed by atoms with Crippen LogP contribution in [-0.2, 0) is 14.3 Å². The molecule has 0 saturated carbocycles. The molecule has 150 valence electrons. The average molecular weight is 409 g/mol. The highest BCUT2D eigenvalue weighted by molar-refractivity contribution is 8.00. The second-order valence-electron chi connectivity index (χ2n) is 7.46. The molecule has 2 heterocycles. The number of ether oxygens (including phenoxy) is 1. The zero-order chi connectivity index (χ0) is 20.4. The molecule has 2 saturated heterocycles. The van der Waals surface area contributed by atoms with Crippen LogP contribution in [0.25, 0.3) is 0 Å². The number of β-lactam (4-membered cyclic amide) rings is 1. The highest BCUT2D eigenvalue weighted by Crippen LogP contribution is 2.43. The molecule has 3 atom stereocenters. The summed E-state index contributed by atoms with van der Waals surface area (Å²) in [6, 6.07) is 19.0. The number of esters is 1. The van der Waals surface area contributed by atoms with Crippen molar-refractivity contribution in [1.29, 1.82) is 0 Å². The summed E-state index contributed by atoms with van der Waals surface area (Å²) >= 11 is 1.55. The molecule has 0 radical (unpaired) electrons.